The summed E-state index contributed by atoms with van der Waals surface area (Å²) in [6, 6.07) is 8.14. The Bertz CT molecular complexity index is 993. The summed E-state index contributed by atoms with van der Waals surface area (Å²) in [6.45, 7) is 4.97. The van der Waals surface area contributed by atoms with Crippen LogP contribution in [0, 0.1) is 12.8 Å². The van der Waals surface area contributed by atoms with Crippen LogP contribution in [0.15, 0.2) is 36.7 Å². The summed E-state index contributed by atoms with van der Waals surface area (Å²) in [5.41, 5.74) is 1.72. The Labute approximate surface area is 163 Å². The topological polar surface area (TPSA) is 58.0 Å². The Hall–Kier alpha value is -2.47. The maximum Gasteiger partial charge on any atom is 0.147 e. The zero-order chi connectivity index (χ0) is 18.4. The zero-order valence-electron chi connectivity index (χ0n) is 15.2. The molecule has 2 unspecified atom stereocenters. The number of aryl methyl sites for hydroxylation is 1. The summed E-state index contributed by atoms with van der Waals surface area (Å²) in [4.78, 5) is 23.1. The second kappa shape index (κ2) is 6.60. The van der Waals surface area contributed by atoms with E-state index in [1.54, 1.807) is 0 Å². The quantitative estimate of drug-likeness (QED) is 0.678. The highest BCUT2D eigenvalue weighted by Gasteiger charge is 2.39. The number of fused-ring (bicyclic) bond motifs is 2. The molecule has 0 saturated carbocycles. The van der Waals surface area contributed by atoms with Gasteiger partial charge in [-0.25, -0.2) is 15.0 Å². The lowest BCUT2D eigenvalue weighted by atomic mass is 9.92. The van der Waals surface area contributed by atoms with Gasteiger partial charge in [0.1, 0.15) is 17.5 Å². The minimum atomic E-state index is 0.454. The van der Waals surface area contributed by atoms with Crippen molar-refractivity contribution < 1.29 is 0 Å². The number of aromatic nitrogens is 4. The SMILES string of the molecule is Cc1nccc(N2CCC3CCN(c4cnc5cc(Cl)ccc5n4)CC32)n1. The van der Waals surface area contributed by atoms with Crippen LogP contribution in [-0.4, -0.2) is 45.6 Å². The van der Waals surface area contributed by atoms with Gasteiger partial charge < -0.3 is 9.80 Å². The van der Waals surface area contributed by atoms with Crippen molar-refractivity contribution in [1.29, 1.82) is 0 Å². The lowest BCUT2D eigenvalue weighted by molar-refractivity contribution is 0.388. The van der Waals surface area contributed by atoms with Gasteiger partial charge in [-0.15, -0.1) is 0 Å². The molecule has 0 bridgehead atoms. The Morgan fingerprint density at radius 1 is 1.00 bits per heavy atom. The van der Waals surface area contributed by atoms with Gasteiger partial charge >= 0.3 is 0 Å². The minimum Gasteiger partial charge on any atom is -0.353 e. The molecule has 1 aromatic carbocycles. The molecule has 27 heavy (non-hydrogen) atoms. The number of anilines is 2. The van der Waals surface area contributed by atoms with Gasteiger partial charge in [0, 0.05) is 30.9 Å². The van der Waals surface area contributed by atoms with Crippen LogP contribution in [0.1, 0.15) is 18.7 Å². The fourth-order valence-corrected chi connectivity index (χ4v) is 4.53. The molecule has 6 nitrogen and oxygen atoms in total. The van der Waals surface area contributed by atoms with Crippen LogP contribution >= 0.6 is 11.6 Å². The van der Waals surface area contributed by atoms with Crippen LogP contribution in [0.5, 0.6) is 0 Å². The molecule has 2 saturated heterocycles. The second-order valence-electron chi connectivity index (χ2n) is 7.37. The molecule has 2 aliphatic heterocycles. The molecule has 2 aliphatic rings. The molecule has 138 valence electrons. The predicted octanol–water partition coefficient (Wildman–Crippen LogP) is 3.49. The van der Waals surface area contributed by atoms with Crippen molar-refractivity contribution >= 4 is 34.3 Å². The average molecular weight is 381 g/mol. The normalized spacial score (nSPS) is 22.3. The fraction of sp³-hybridized carbons (Fsp3) is 0.400. The number of hydrogen-bond donors (Lipinski definition) is 0. The molecule has 7 heteroatoms. The highest BCUT2D eigenvalue weighted by Crippen LogP contribution is 2.35. The Morgan fingerprint density at radius 3 is 2.78 bits per heavy atom. The molecular formula is C20H21ClN6. The van der Waals surface area contributed by atoms with E-state index in [2.05, 4.69) is 24.8 Å². The summed E-state index contributed by atoms with van der Waals surface area (Å²) in [5.74, 6) is 3.51. The van der Waals surface area contributed by atoms with Crippen molar-refractivity contribution in [2.24, 2.45) is 5.92 Å². The number of nitrogens with zero attached hydrogens (tertiary/aromatic N) is 6. The van der Waals surface area contributed by atoms with Crippen LogP contribution in [0.2, 0.25) is 5.02 Å². The van der Waals surface area contributed by atoms with E-state index in [9.17, 15) is 0 Å². The Morgan fingerprint density at radius 2 is 1.89 bits per heavy atom. The first-order valence-electron chi connectivity index (χ1n) is 9.41. The van der Waals surface area contributed by atoms with E-state index in [-0.39, 0.29) is 0 Å². The molecule has 2 fully saturated rings. The van der Waals surface area contributed by atoms with Crippen molar-refractivity contribution in [3.8, 4) is 0 Å². The lowest BCUT2D eigenvalue weighted by Gasteiger charge is -2.39. The number of rotatable bonds is 2. The third-order valence-electron chi connectivity index (χ3n) is 5.73. The molecular weight excluding hydrogens is 360 g/mol. The summed E-state index contributed by atoms with van der Waals surface area (Å²) in [5, 5.41) is 0.687. The average Bonchev–Trinajstić information content (AvgIpc) is 3.11. The first kappa shape index (κ1) is 16.7. The summed E-state index contributed by atoms with van der Waals surface area (Å²) < 4.78 is 0. The summed E-state index contributed by atoms with van der Waals surface area (Å²) in [7, 11) is 0. The van der Waals surface area contributed by atoms with Crippen LogP contribution in [0.25, 0.3) is 11.0 Å². The summed E-state index contributed by atoms with van der Waals surface area (Å²) in [6.07, 6.45) is 6.12. The first-order valence-corrected chi connectivity index (χ1v) is 9.79. The van der Waals surface area contributed by atoms with E-state index in [0.717, 1.165) is 48.1 Å². The molecule has 2 atom stereocenters. The van der Waals surface area contributed by atoms with E-state index >= 15 is 0 Å². The fourth-order valence-electron chi connectivity index (χ4n) is 4.36. The molecule has 5 rings (SSSR count). The van der Waals surface area contributed by atoms with E-state index in [1.807, 2.05) is 43.6 Å². The van der Waals surface area contributed by atoms with Gasteiger partial charge in [-0.2, -0.15) is 0 Å². The number of benzene rings is 1. The highest BCUT2D eigenvalue weighted by molar-refractivity contribution is 6.31. The second-order valence-corrected chi connectivity index (χ2v) is 7.80. The predicted molar refractivity (Wildman–Crippen MR) is 107 cm³/mol. The van der Waals surface area contributed by atoms with Gasteiger partial charge in [0.25, 0.3) is 0 Å². The maximum absolute atomic E-state index is 6.06. The zero-order valence-corrected chi connectivity index (χ0v) is 16.0. The van der Waals surface area contributed by atoms with E-state index < -0.39 is 0 Å². The molecule has 2 aromatic heterocycles. The lowest BCUT2D eigenvalue weighted by Crippen LogP contribution is -2.48. The molecule has 0 N–H and O–H groups in total. The molecule has 0 radical (unpaired) electrons. The largest absolute Gasteiger partial charge is 0.353 e. The standard InChI is InChI=1S/C20H21ClN6/c1-13-22-7-4-19(24-13)27-9-6-14-5-8-26(12-18(14)27)20-11-23-17-10-15(21)2-3-16(17)25-20/h2-4,7,10-11,14,18H,5-6,8-9,12H2,1H3. The van der Waals surface area contributed by atoms with Gasteiger partial charge in [-0.05, 0) is 49.9 Å². The highest BCUT2D eigenvalue weighted by atomic mass is 35.5. The van der Waals surface area contributed by atoms with Crippen molar-refractivity contribution in [2.45, 2.75) is 25.8 Å². The maximum atomic E-state index is 6.06. The van der Waals surface area contributed by atoms with Crippen LogP contribution in [0.3, 0.4) is 0 Å². The van der Waals surface area contributed by atoms with Crippen molar-refractivity contribution in [3.05, 3.63) is 47.5 Å². The van der Waals surface area contributed by atoms with Gasteiger partial charge in [0.2, 0.25) is 0 Å². The minimum absolute atomic E-state index is 0.454. The molecule has 3 aromatic rings. The molecule has 0 aliphatic carbocycles. The van der Waals surface area contributed by atoms with Crippen LogP contribution in [-0.2, 0) is 0 Å². The van der Waals surface area contributed by atoms with Crippen LogP contribution in [0.4, 0.5) is 11.6 Å². The smallest absolute Gasteiger partial charge is 0.147 e. The third-order valence-corrected chi connectivity index (χ3v) is 5.97. The number of halogens is 1. The van der Waals surface area contributed by atoms with Gasteiger partial charge in [0.15, 0.2) is 0 Å². The number of piperidine rings is 1. The number of hydrogen-bond acceptors (Lipinski definition) is 6. The van der Waals surface area contributed by atoms with E-state index in [4.69, 9.17) is 16.6 Å². The molecule has 0 amide bonds. The van der Waals surface area contributed by atoms with E-state index in [1.165, 1.54) is 12.8 Å². The summed E-state index contributed by atoms with van der Waals surface area (Å²) >= 11 is 6.06. The van der Waals surface area contributed by atoms with Gasteiger partial charge in [-0.1, -0.05) is 11.6 Å². The van der Waals surface area contributed by atoms with E-state index in [0.29, 0.717) is 17.0 Å². The Balaban J connectivity index is 1.42. The molecule has 4 heterocycles. The van der Waals surface area contributed by atoms with Crippen molar-refractivity contribution in [1.82, 2.24) is 19.9 Å². The Kier molecular flexibility index (Phi) is 4.08. The van der Waals surface area contributed by atoms with Gasteiger partial charge in [0.05, 0.1) is 23.3 Å². The third kappa shape index (κ3) is 3.08. The van der Waals surface area contributed by atoms with Crippen LogP contribution < -0.4 is 9.80 Å². The monoisotopic (exact) mass is 380 g/mol. The molecule has 0 spiro atoms. The first-order chi connectivity index (χ1) is 13.2. The van der Waals surface area contributed by atoms with Crippen molar-refractivity contribution in [3.63, 3.8) is 0 Å². The van der Waals surface area contributed by atoms with Gasteiger partial charge in [-0.3, -0.25) is 4.98 Å². The van der Waals surface area contributed by atoms with Crippen molar-refractivity contribution in [2.75, 3.05) is 29.4 Å².